The molecule has 0 saturated heterocycles. The van der Waals surface area contributed by atoms with Gasteiger partial charge in [-0.3, -0.25) is 4.79 Å². The first kappa shape index (κ1) is 14.5. The smallest absolute Gasteiger partial charge is 0.307 e. The Morgan fingerprint density at radius 2 is 2.14 bits per heavy atom. The fraction of sp³-hybridized carbons (Fsp3) is 0.471. The molecule has 112 valence electrons. The molecule has 21 heavy (non-hydrogen) atoms. The Kier molecular flexibility index (Phi) is 3.48. The highest BCUT2D eigenvalue weighted by molar-refractivity contribution is 6.31. The molecule has 0 spiro atoms. The summed E-state index contributed by atoms with van der Waals surface area (Å²) < 4.78 is 5.91. The van der Waals surface area contributed by atoms with Gasteiger partial charge in [0.1, 0.15) is 11.3 Å². The number of benzene rings is 1. The molecule has 1 aromatic carbocycles. The Morgan fingerprint density at radius 3 is 2.86 bits per heavy atom. The first-order valence-corrected chi connectivity index (χ1v) is 7.65. The number of carboxylic acids is 1. The number of furan rings is 1. The van der Waals surface area contributed by atoms with E-state index >= 15 is 0 Å². The molecule has 1 fully saturated rings. The van der Waals surface area contributed by atoms with Crippen LogP contribution in [0.4, 0.5) is 0 Å². The summed E-state index contributed by atoms with van der Waals surface area (Å²) in [6.45, 7) is 4.38. The second-order valence-corrected chi connectivity index (χ2v) is 7.23. The Balaban J connectivity index is 2.02. The van der Waals surface area contributed by atoms with Gasteiger partial charge in [-0.15, -0.1) is 0 Å². The molecule has 3 nitrogen and oxygen atoms in total. The van der Waals surface area contributed by atoms with Crippen LogP contribution in [0.3, 0.4) is 0 Å². The van der Waals surface area contributed by atoms with Crippen LogP contribution in [-0.4, -0.2) is 11.1 Å². The molecule has 2 unspecified atom stereocenters. The van der Waals surface area contributed by atoms with Crippen LogP contribution in [0.15, 0.2) is 28.7 Å². The number of hydrogen-bond donors (Lipinski definition) is 1. The van der Waals surface area contributed by atoms with Gasteiger partial charge >= 0.3 is 5.97 Å². The van der Waals surface area contributed by atoms with Crippen molar-refractivity contribution >= 4 is 28.5 Å². The van der Waals surface area contributed by atoms with E-state index in [1.807, 2.05) is 18.2 Å². The molecule has 2 aromatic rings. The minimum absolute atomic E-state index is 0.0718. The van der Waals surface area contributed by atoms with Crippen LogP contribution >= 0.6 is 11.6 Å². The summed E-state index contributed by atoms with van der Waals surface area (Å²) in [5.41, 5.74) is 0.912. The van der Waals surface area contributed by atoms with Crippen LogP contribution in [0.25, 0.3) is 11.0 Å². The highest BCUT2D eigenvalue weighted by atomic mass is 35.5. The fourth-order valence-electron chi connectivity index (χ4n) is 3.40. The minimum atomic E-state index is -0.728. The predicted molar refractivity (Wildman–Crippen MR) is 82.7 cm³/mol. The molecule has 1 N–H and O–H groups in total. The van der Waals surface area contributed by atoms with Gasteiger partial charge in [0.05, 0.1) is 5.92 Å². The fourth-order valence-corrected chi connectivity index (χ4v) is 3.58. The zero-order valence-corrected chi connectivity index (χ0v) is 13.0. The van der Waals surface area contributed by atoms with Crippen molar-refractivity contribution in [3.05, 3.63) is 35.0 Å². The van der Waals surface area contributed by atoms with Crippen LogP contribution in [0.1, 0.15) is 44.8 Å². The van der Waals surface area contributed by atoms with E-state index in [9.17, 15) is 9.90 Å². The number of rotatable bonds is 2. The van der Waals surface area contributed by atoms with Gasteiger partial charge in [-0.05, 0) is 48.9 Å². The number of fused-ring (bicyclic) bond motifs is 1. The van der Waals surface area contributed by atoms with Crippen molar-refractivity contribution < 1.29 is 14.3 Å². The van der Waals surface area contributed by atoms with Crippen LogP contribution < -0.4 is 0 Å². The summed E-state index contributed by atoms with van der Waals surface area (Å²) in [6.07, 6.45) is 2.47. The Hall–Kier alpha value is -1.48. The summed E-state index contributed by atoms with van der Waals surface area (Å²) in [7, 11) is 0. The number of halogens is 1. The molecule has 2 atom stereocenters. The van der Waals surface area contributed by atoms with E-state index in [2.05, 4.69) is 13.8 Å². The first-order chi connectivity index (χ1) is 9.85. The standard InChI is InChI=1S/C17H19ClO3/c1-17(2)6-5-12(16(19)20)13(9-17)15-8-10-7-11(18)3-4-14(10)21-15/h3-4,7-8,12-13H,5-6,9H2,1-2H3,(H,19,20). The lowest BCUT2D eigenvalue weighted by molar-refractivity contribution is -0.144. The van der Waals surface area contributed by atoms with E-state index in [4.69, 9.17) is 16.0 Å². The van der Waals surface area contributed by atoms with E-state index in [1.165, 1.54) is 0 Å². The molecule has 1 saturated carbocycles. The third-order valence-electron chi connectivity index (χ3n) is 4.57. The van der Waals surface area contributed by atoms with Crippen molar-refractivity contribution in [3.63, 3.8) is 0 Å². The predicted octanol–water partition coefficient (Wildman–Crippen LogP) is 5.08. The minimum Gasteiger partial charge on any atom is -0.481 e. The van der Waals surface area contributed by atoms with E-state index in [1.54, 1.807) is 6.07 Å². The summed E-state index contributed by atoms with van der Waals surface area (Å²) in [4.78, 5) is 11.6. The van der Waals surface area contributed by atoms with Gasteiger partial charge in [-0.2, -0.15) is 0 Å². The third kappa shape index (κ3) is 2.80. The molecule has 0 bridgehead atoms. The van der Waals surface area contributed by atoms with Gasteiger partial charge < -0.3 is 9.52 Å². The van der Waals surface area contributed by atoms with E-state index in [0.717, 1.165) is 29.6 Å². The summed E-state index contributed by atoms with van der Waals surface area (Å²) in [5, 5.41) is 11.1. The quantitative estimate of drug-likeness (QED) is 0.841. The molecule has 0 amide bonds. The molecular weight excluding hydrogens is 288 g/mol. The van der Waals surface area contributed by atoms with Gasteiger partial charge in [0.25, 0.3) is 0 Å². The Bertz CT molecular complexity index is 686. The van der Waals surface area contributed by atoms with Crippen molar-refractivity contribution in [1.29, 1.82) is 0 Å². The Morgan fingerprint density at radius 1 is 1.38 bits per heavy atom. The number of aliphatic carboxylic acids is 1. The molecule has 1 aliphatic rings. The van der Waals surface area contributed by atoms with Crippen molar-refractivity contribution in [2.75, 3.05) is 0 Å². The maximum absolute atomic E-state index is 11.6. The van der Waals surface area contributed by atoms with Gasteiger partial charge in [-0.25, -0.2) is 0 Å². The van der Waals surface area contributed by atoms with Crippen molar-refractivity contribution in [3.8, 4) is 0 Å². The zero-order valence-electron chi connectivity index (χ0n) is 12.2. The van der Waals surface area contributed by atoms with Gasteiger partial charge in [0, 0.05) is 16.3 Å². The largest absolute Gasteiger partial charge is 0.481 e. The third-order valence-corrected chi connectivity index (χ3v) is 4.81. The van der Waals surface area contributed by atoms with Gasteiger partial charge in [-0.1, -0.05) is 25.4 Å². The number of carboxylic acid groups (broad SMARTS) is 1. The van der Waals surface area contributed by atoms with E-state index in [-0.39, 0.29) is 17.3 Å². The van der Waals surface area contributed by atoms with Crippen molar-refractivity contribution in [1.82, 2.24) is 0 Å². The highest BCUT2D eigenvalue weighted by Crippen LogP contribution is 2.47. The van der Waals surface area contributed by atoms with Crippen LogP contribution in [0.5, 0.6) is 0 Å². The molecule has 1 heterocycles. The number of hydrogen-bond acceptors (Lipinski definition) is 2. The Labute approximate surface area is 128 Å². The lowest BCUT2D eigenvalue weighted by Crippen LogP contribution is -2.32. The zero-order chi connectivity index (χ0) is 15.2. The summed E-state index contributed by atoms with van der Waals surface area (Å²) >= 11 is 6.00. The highest BCUT2D eigenvalue weighted by Gasteiger charge is 2.40. The van der Waals surface area contributed by atoms with Crippen LogP contribution in [0, 0.1) is 11.3 Å². The average Bonchev–Trinajstić information content (AvgIpc) is 2.80. The molecule has 1 aromatic heterocycles. The molecule has 0 aliphatic heterocycles. The maximum atomic E-state index is 11.6. The lowest BCUT2D eigenvalue weighted by atomic mass is 9.66. The second-order valence-electron chi connectivity index (χ2n) is 6.79. The van der Waals surface area contributed by atoms with Crippen LogP contribution in [0.2, 0.25) is 5.02 Å². The molecule has 0 radical (unpaired) electrons. The summed E-state index contributed by atoms with van der Waals surface area (Å²) in [5.74, 6) is -0.395. The molecule has 3 rings (SSSR count). The monoisotopic (exact) mass is 306 g/mol. The lowest BCUT2D eigenvalue weighted by Gasteiger charge is -2.38. The van der Waals surface area contributed by atoms with E-state index < -0.39 is 5.97 Å². The molecule has 1 aliphatic carbocycles. The van der Waals surface area contributed by atoms with Gasteiger partial charge in [0.2, 0.25) is 0 Å². The molecular formula is C17H19ClO3. The maximum Gasteiger partial charge on any atom is 0.307 e. The average molecular weight is 307 g/mol. The van der Waals surface area contributed by atoms with Gasteiger partial charge in [0.15, 0.2) is 0 Å². The first-order valence-electron chi connectivity index (χ1n) is 7.27. The summed E-state index contributed by atoms with van der Waals surface area (Å²) in [6, 6.07) is 7.43. The molecule has 4 heteroatoms. The van der Waals surface area contributed by atoms with Crippen molar-refractivity contribution in [2.24, 2.45) is 11.3 Å². The number of carbonyl (C=O) groups is 1. The SMILES string of the molecule is CC1(C)CCC(C(=O)O)C(c2cc3cc(Cl)ccc3o2)C1. The van der Waals surface area contributed by atoms with E-state index in [0.29, 0.717) is 11.4 Å². The van der Waals surface area contributed by atoms with Crippen LogP contribution in [-0.2, 0) is 4.79 Å². The normalized spacial score (nSPS) is 25.1. The topological polar surface area (TPSA) is 50.4 Å². The second kappa shape index (κ2) is 5.06. The van der Waals surface area contributed by atoms with Crippen molar-refractivity contribution in [2.45, 2.75) is 39.0 Å².